The summed E-state index contributed by atoms with van der Waals surface area (Å²) in [6, 6.07) is 3.33. The van der Waals surface area contributed by atoms with Crippen molar-refractivity contribution in [3.05, 3.63) is 27.6 Å². The van der Waals surface area contributed by atoms with Crippen molar-refractivity contribution in [3.8, 4) is 0 Å². The average molecular weight is 248 g/mol. The molecule has 10 heavy (non-hydrogen) atoms. The molecule has 0 atom stereocenters. The van der Waals surface area contributed by atoms with Crippen molar-refractivity contribution >= 4 is 28.5 Å². The highest BCUT2D eigenvalue weighted by molar-refractivity contribution is 14.1. The van der Waals surface area contributed by atoms with Crippen LogP contribution in [0.5, 0.6) is 0 Å². The van der Waals surface area contributed by atoms with Gasteiger partial charge in [0, 0.05) is 6.20 Å². The standard InChI is InChI=1S/C6H5IN2O/c7-5-4(6(8)10)2-1-3-9-5/h1-3H,(H2,8,10). The third-order valence-electron chi connectivity index (χ3n) is 1.02. The van der Waals surface area contributed by atoms with Crippen LogP contribution in [0.15, 0.2) is 18.3 Å². The van der Waals surface area contributed by atoms with Crippen molar-refractivity contribution in [2.45, 2.75) is 0 Å². The van der Waals surface area contributed by atoms with Crippen molar-refractivity contribution in [1.29, 1.82) is 0 Å². The number of aromatic nitrogens is 1. The number of primary amides is 1. The van der Waals surface area contributed by atoms with E-state index in [1.165, 1.54) is 0 Å². The predicted octanol–water partition coefficient (Wildman–Crippen LogP) is 0.785. The van der Waals surface area contributed by atoms with Gasteiger partial charge in [0.25, 0.3) is 5.91 Å². The summed E-state index contributed by atoms with van der Waals surface area (Å²) in [5.74, 6) is -0.433. The number of pyridine rings is 1. The molecule has 4 heteroatoms. The Labute approximate surface area is 71.8 Å². The van der Waals surface area contributed by atoms with Gasteiger partial charge in [0.1, 0.15) is 3.70 Å². The lowest BCUT2D eigenvalue weighted by atomic mass is 10.3. The first kappa shape index (κ1) is 7.46. The van der Waals surface area contributed by atoms with Gasteiger partial charge in [0.05, 0.1) is 5.56 Å². The van der Waals surface area contributed by atoms with Gasteiger partial charge in [0.15, 0.2) is 0 Å². The molecule has 0 aliphatic heterocycles. The van der Waals surface area contributed by atoms with Crippen LogP contribution in [-0.4, -0.2) is 10.9 Å². The molecule has 1 heterocycles. The number of carbonyl (C=O) groups excluding carboxylic acids is 1. The molecule has 0 aromatic carbocycles. The van der Waals surface area contributed by atoms with Gasteiger partial charge in [-0.15, -0.1) is 0 Å². The van der Waals surface area contributed by atoms with Gasteiger partial charge in [-0.2, -0.15) is 0 Å². The highest BCUT2D eigenvalue weighted by Gasteiger charge is 2.03. The van der Waals surface area contributed by atoms with E-state index in [1.54, 1.807) is 18.3 Å². The molecule has 1 aromatic heterocycles. The van der Waals surface area contributed by atoms with Crippen molar-refractivity contribution in [2.75, 3.05) is 0 Å². The summed E-state index contributed by atoms with van der Waals surface area (Å²) in [4.78, 5) is 14.5. The Balaban J connectivity index is 3.15. The Morgan fingerprint density at radius 1 is 1.70 bits per heavy atom. The van der Waals surface area contributed by atoms with Crippen LogP contribution in [0.4, 0.5) is 0 Å². The molecule has 0 fully saturated rings. The predicted molar refractivity (Wildman–Crippen MR) is 45.5 cm³/mol. The van der Waals surface area contributed by atoms with Crippen LogP contribution in [0.3, 0.4) is 0 Å². The first-order chi connectivity index (χ1) is 4.72. The molecule has 0 unspecified atom stereocenters. The minimum Gasteiger partial charge on any atom is -0.366 e. The highest BCUT2D eigenvalue weighted by atomic mass is 127. The van der Waals surface area contributed by atoms with E-state index in [1.807, 2.05) is 22.6 Å². The Morgan fingerprint density at radius 3 is 2.80 bits per heavy atom. The summed E-state index contributed by atoms with van der Waals surface area (Å²) in [7, 11) is 0. The smallest absolute Gasteiger partial charge is 0.251 e. The molecule has 0 bridgehead atoms. The SMILES string of the molecule is NC(=O)c1cccnc1I. The zero-order chi connectivity index (χ0) is 7.56. The molecule has 1 rings (SSSR count). The van der Waals surface area contributed by atoms with E-state index in [0.29, 0.717) is 9.26 Å². The quantitative estimate of drug-likeness (QED) is 0.589. The van der Waals surface area contributed by atoms with Crippen molar-refractivity contribution in [2.24, 2.45) is 5.73 Å². The minimum absolute atomic E-state index is 0.433. The van der Waals surface area contributed by atoms with E-state index in [0.717, 1.165) is 0 Å². The van der Waals surface area contributed by atoms with Crippen LogP contribution < -0.4 is 5.73 Å². The van der Waals surface area contributed by atoms with Gasteiger partial charge in [-0.05, 0) is 34.7 Å². The normalized spacial score (nSPS) is 9.30. The molecule has 0 saturated heterocycles. The second-order valence-corrected chi connectivity index (χ2v) is 2.73. The molecule has 52 valence electrons. The number of rotatable bonds is 1. The van der Waals surface area contributed by atoms with Crippen LogP contribution in [0.25, 0.3) is 0 Å². The maximum atomic E-state index is 10.6. The third-order valence-corrected chi connectivity index (χ3v) is 1.88. The number of nitrogens with zero attached hydrogens (tertiary/aromatic N) is 1. The molecule has 1 amide bonds. The van der Waals surface area contributed by atoms with Crippen LogP contribution in [0.2, 0.25) is 0 Å². The average Bonchev–Trinajstić information content (AvgIpc) is 1.88. The maximum Gasteiger partial charge on any atom is 0.251 e. The van der Waals surface area contributed by atoms with Gasteiger partial charge in [0.2, 0.25) is 0 Å². The molecular formula is C6H5IN2O. The zero-order valence-corrected chi connectivity index (χ0v) is 7.20. The summed E-state index contributed by atoms with van der Waals surface area (Å²) >= 11 is 1.96. The summed E-state index contributed by atoms with van der Waals surface area (Å²) < 4.78 is 0.646. The zero-order valence-electron chi connectivity index (χ0n) is 5.04. The van der Waals surface area contributed by atoms with Crippen LogP contribution in [0.1, 0.15) is 10.4 Å². The fraction of sp³-hybridized carbons (Fsp3) is 0. The van der Waals surface area contributed by atoms with E-state index < -0.39 is 5.91 Å². The van der Waals surface area contributed by atoms with Crippen molar-refractivity contribution in [1.82, 2.24) is 4.98 Å². The maximum absolute atomic E-state index is 10.6. The third kappa shape index (κ3) is 1.44. The Kier molecular flexibility index (Phi) is 2.21. The van der Waals surface area contributed by atoms with Crippen LogP contribution >= 0.6 is 22.6 Å². The van der Waals surface area contributed by atoms with Crippen molar-refractivity contribution < 1.29 is 4.79 Å². The van der Waals surface area contributed by atoms with Crippen molar-refractivity contribution in [3.63, 3.8) is 0 Å². The monoisotopic (exact) mass is 248 g/mol. The van der Waals surface area contributed by atoms with E-state index >= 15 is 0 Å². The summed E-state index contributed by atoms with van der Waals surface area (Å²) in [6.45, 7) is 0. The number of nitrogens with two attached hydrogens (primary N) is 1. The Hall–Kier alpha value is -0.650. The second kappa shape index (κ2) is 2.96. The fourth-order valence-electron chi connectivity index (χ4n) is 0.570. The second-order valence-electron chi connectivity index (χ2n) is 1.71. The number of hydrogen-bond donors (Lipinski definition) is 1. The van der Waals surface area contributed by atoms with E-state index in [2.05, 4.69) is 4.98 Å². The number of amides is 1. The van der Waals surface area contributed by atoms with Crippen LogP contribution in [-0.2, 0) is 0 Å². The number of hydrogen-bond acceptors (Lipinski definition) is 2. The molecule has 0 aliphatic rings. The fourth-order valence-corrected chi connectivity index (χ4v) is 1.18. The van der Waals surface area contributed by atoms with Crippen LogP contribution in [0, 0.1) is 3.70 Å². The lowest BCUT2D eigenvalue weighted by molar-refractivity contribution is 0.0999. The lowest BCUT2D eigenvalue weighted by Gasteiger charge is -1.94. The van der Waals surface area contributed by atoms with E-state index in [9.17, 15) is 4.79 Å². The van der Waals surface area contributed by atoms with Gasteiger partial charge >= 0.3 is 0 Å². The number of halogens is 1. The molecule has 0 saturated carbocycles. The largest absolute Gasteiger partial charge is 0.366 e. The lowest BCUT2D eigenvalue weighted by Crippen LogP contribution is -2.13. The van der Waals surface area contributed by atoms with Gasteiger partial charge in [-0.25, -0.2) is 4.98 Å². The molecular weight excluding hydrogens is 243 g/mol. The summed E-state index contributed by atoms with van der Waals surface area (Å²) in [5.41, 5.74) is 5.51. The Morgan fingerprint density at radius 2 is 2.40 bits per heavy atom. The first-order valence-electron chi connectivity index (χ1n) is 2.62. The molecule has 0 radical (unpaired) electrons. The molecule has 0 spiro atoms. The van der Waals surface area contributed by atoms with E-state index in [-0.39, 0.29) is 0 Å². The summed E-state index contributed by atoms with van der Waals surface area (Å²) in [5, 5.41) is 0. The van der Waals surface area contributed by atoms with Gasteiger partial charge in [-0.1, -0.05) is 0 Å². The molecule has 3 nitrogen and oxygen atoms in total. The summed E-state index contributed by atoms with van der Waals surface area (Å²) in [6.07, 6.45) is 1.62. The molecule has 2 N–H and O–H groups in total. The highest BCUT2D eigenvalue weighted by Crippen LogP contribution is 2.06. The van der Waals surface area contributed by atoms with Gasteiger partial charge in [-0.3, -0.25) is 4.79 Å². The minimum atomic E-state index is -0.433. The topological polar surface area (TPSA) is 56.0 Å². The Bertz CT molecular complexity index is 262. The first-order valence-corrected chi connectivity index (χ1v) is 3.70. The molecule has 0 aliphatic carbocycles. The number of carbonyl (C=O) groups is 1. The van der Waals surface area contributed by atoms with Gasteiger partial charge < -0.3 is 5.73 Å². The van der Waals surface area contributed by atoms with E-state index in [4.69, 9.17) is 5.73 Å². The molecule has 1 aromatic rings.